The van der Waals surface area contributed by atoms with E-state index in [1.54, 1.807) is 0 Å². The summed E-state index contributed by atoms with van der Waals surface area (Å²) in [7, 11) is -0.744. The summed E-state index contributed by atoms with van der Waals surface area (Å²) in [5.74, 6) is -0.199. The fourth-order valence-corrected chi connectivity index (χ4v) is 3.20. The zero-order chi connectivity index (χ0) is 16.3. The highest BCUT2D eigenvalue weighted by molar-refractivity contribution is 7.89. The molecule has 0 spiro atoms. The molecule has 0 atom stereocenters. The van der Waals surface area contributed by atoms with Crippen molar-refractivity contribution in [2.75, 3.05) is 33.7 Å². The predicted octanol–water partition coefficient (Wildman–Crippen LogP) is 0.488. The average Bonchev–Trinajstić information content (AvgIpc) is 2.88. The molecule has 0 fully saturated rings. The van der Waals surface area contributed by atoms with E-state index in [-0.39, 0.29) is 16.4 Å². The first-order valence-corrected chi connectivity index (χ1v) is 8.46. The van der Waals surface area contributed by atoms with Gasteiger partial charge in [0.15, 0.2) is 5.76 Å². The Balaban J connectivity index is 2.10. The van der Waals surface area contributed by atoms with Gasteiger partial charge in [-0.2, -0.15) is 0 Å². The predicted molar refractivity (Wildman–Crippen MR) is 82.2 cm³/mol. The quantitative estimate of drug-likeness (QED) is 0.768. The highest BCUT2D eigenvalue weighted by Gasteiger charge is 2.25. The summed E-state index contributed by atoms with van der Waals surface area (Å²) in [6.07, 6.45) is 2.93. The van der Waals surface area contributed by atoms with Crippen molar-refractivity contribution in [3.05, 3.63) is 29.2 Å². The maximum atomic E-state index is 12.1. The Morgan fingerprint density at radius 2 is 2.18 bits per heavy atom. The van der Waals surface area contributed by atoms with Crippen LogP contribution in [0.25, 0.3) is 0 Å². The van der Waals surface area contributed by atoms with Crippen LogP contribution < -0.4 is 10.6 Å². The van der Waals surface area contributed by atoms with Crippen molar-refractivity contribution in [3.8, 4) is 0 Å². The lowest BCUT2D eigenvalue weighted by atomic mass is 10.1. The summed E-state index contributed by atoms with van der Waals surface area (Å²) in [6, 6.07) is 1.27. The number of hydrogen-bond donors (Lipinski definition) is 2. The minimum Gasteiger partial charge on any atom is -0.455 e. The summed E-state index contributed by atoms with van der Waals surface area (Å²) in [6.45, 7) is 3.67. The van der Waals surface area contributed by atoms with Crippen LogP contribution in [0, 0.1) is 6.92 Å². The summed E-state index contributed by atoms with van der Waals surface area (Å²) in [5.41, 5.74) is 1.15. The molecule has 122 valence electrons. The van der Waals surface area contributed by atoms with Gasteiger partial charge in [-0.15, -0.1) is 0 Å². The van der Waals surface area contributed by atoms with Gasteiger partial charge in [0, 0.05) is 33.3 Å². The van der Waals surface area contributed by atoms with E-state index >= 15 is 0 Å². The van der Waals surface area contributed by atoms with Crippen molar-refractivity contribution in [2.24, 2.45) is 0 Å². The molecule has 0 aromatic carbocycles. The number of carbonyl (C=O) groups excluding carboxylic acids is 1. The molecule has 0 aliphatic carbocycles. The molecule has 2 N–H and O–H groups in total. The van der Waals surface area contributed by atoms with E-state index in [0.29, 0.717) is 6.54 Å². The maximum absolute atomic E-state index is 12.1. The van der Waals surface area contributed by atoms with E-state index in [9.17, 15) is 13.2 Å². The summed E-state index contributed by atoms with van der Waals surface area (Å²) in [5, 5.41) is 5.95. The third-order valence-electron chi connectivity index (χ3n) is 3.49. The van der Waals surface area contributed by atoms with Crippen molar-refractivity contribution < 1.29 is 17.6 Å². The van der Waals surface area contributed by atoms with E-state index in [1.165, 1.54) is 27.1 Å². The number of rotatable bonds is 5. The van der Waals surface area contributed by atoms with Crippen LogP contribution in [0.3, 0.4) is 0 Å². The van der Waals surface area contributed by atoms with Crippen LogP contribution in [-0.2, 0) is 10.0 Å². The highest BCUT2D eigenvalue weighted by Crippen LogP contribution is 2.22. The molecule has 0 saturated heterocycles. The van der Waals surface area contributed by atoms with Gasteiger partial charge >= 0.3 is 0 Å². The van der Waals surface area contributed by atoms with Gasteiger partial charge in [0.05, 0.1) is 0 Å². The summed E-state index contributed by atoms with van der Waals surface area (Å²) in [4.78, 5) is 12.1. The lowest BCUT2D eigenvalue weighted by molar-refractivity contribution is 0.0927. The summed E-state index contributed by atoms with van der Waals surface area (Å²) >= 11 is 0. The van der Waals surface area contributed by atoms with E-state index in [4.69, 9.17) is 4.42 Å². The molecular weight excluding hydrogens is 306 g/mol. The Hall–Kier alpha value is -1.64. The van der Waals surface area contributed by atoms with E-state index in [0.717, 1.165) is 29.4 Å². The van der Waals surface area contributed by atoms with Crippen LogP contribution in [0.2, 0.25) is 0 Å². The number of carbonyl (C=O) groups is 1. The van der Waals surface area contributed by atoms with Crippen molar-refractivity contribution in [2.45, 2.75) is 18.2 Å². The van der Waals surface area contributed by atoms with Gasteiger partial charge < -0.3 is 15.1 Å². The van der Waals surface area contributed by atoms with Crippen molar-refractivity contribution in [3.63, 3.8) is 0 Å². The van der Waals surface area contributed by atoms with Crippen molar-refractivity contribution >= 4 is 15.9 Å². The molecule has 1 aliphatic rings. The van der Waals surface area contributed by atoms with Gasteiger partial charge in [-0.25, -0.2) is 12.7 Å². The third kappa shape index (κ3) is 3.57. The molecule has 1 aromatic heterocycles. The lowest BCUT2D eigenvalue weighted by Gasteiger charge is -2.14. The molecule has 0 unspecified atom stereocenters. The molecule has 0 saturated carbocycles. The molecule has 2 rings (SSSR count). The molecule has 1 aliphatic heterocycles. The van der Waals surface area contributed by atoms with Gasteiger partial charge in [-0.1, -0.05) is 11.6 Å². The Bertz CT molecular complexity index is 689. The van der Waals surface area contributed by atoms with E-state index in [1.807, 2.05) is 6.08 Å². The standard InChI is InChI=1S/C14H21N3O4S/c1-10-13(22(19,20)17(2)3)8-12(21-10)14(18)16-9-11-4-6-15-7-5-11/h4,8,15H,5-7,9H2,1-3H3,(H,16,18). The monoisotopic (exact) mass is 327 g/mol. The molecule has 22 heavy (non-hydrogen) atoms. The first-order valence-electron chi connectivity index (χ1n) is 7.02. The average molecular weight is 327 g/mol. The number of nitrogens with zero attached hydrogens (tertiary/aromatic N) is 1. The maximum Gasteiger partial charge on any atom is 0.287 e. The molecular formula is C14H21N3O4S. The number of furan rings is 1. The summed E-state index contributed by atoms with van der Waals surface area (Å²) < 4.78 is 30.6. The molecule has 0 bridgehead atoms. The Labute approximate surface area is 130 Å². The van der Waals surface area contributed by atoms with E-state index < -0.39 is 15.9 Å². The van der Waals surface area contributed by atoms with Crippen molar-refractivity contribution in [1.29, 1.82) is 0 Å². The zero-order valence-electron chi connectivity index (χ0n) is 13.0. The number of hydrogen-bond acceptors (Lipinski definition) is 5. The normalized spacial score (nSPS) is 15.7. The number of amides is 1. The Kier molecular flexibility index (Phi) is 5.05. The Morgan fingerprint density at radius 1 is 1.45 bits per heavy atom. The van der Waals surface area contributed by atoms with Gasteiger partial charge in [0.2, 0.25) is 10.0 Å². The number of sulfonamides is 1. The molecule has 8 heteroatoms. The van der Waals surface area contributed by atoms with Crippen LogP contribution in [0.1, 0.15) is 22.7 Å². The van der Waals surface area contributed by atoms with Gasteiger partial charge in [0.1, 0.15) is 10.7 Å². The van der Waals surface area contributed by atoms with Crippen LogP contribution in [0.5, 0.6) is 0 Å². The fourth-order valence-electron chi connectivity index (χ4n) is 2.14. The first-order chi connectivity index (χ1) is 10.3. The van der Waals surface area contributed by atoms with Crippen LogP contribution in [0.4, 0.5) is 0 Å². The SMILES string of the molecule is Cc1oc(C(=O)NCC2=CCNCC2)cc1S(=O)(=O)N(C)C. The molecule has 0 radical (unpaired) electrons. The molecule has 1 amide bonds. The van der Waals surface area contributed by atoms with E-state index in [2.05, 4.69) is 10.6 Å². The molecule has 2 heterocycles. The number of aryl methyl sites for hydroxylation is 1. The second kappa shape index (κ2) is 6.64. The minimum atomic E-state index is -3.62. The first kappa shape index (κ1) is 16.7. The minimum absolute atomic E-state index is 0.00691. The topological polar surface area (TPSA) is 91.6 Å². The highest BCUT2D eigenvalue weighted by atomic mass is 32.2. The Morgan fingerprint density at radius 3 is 2.77 bits per heavy atom. The smallest absolute Gasteiger partial charge is 0.287 e. The molecule has 1 aromatic rings. The largest absolute Gasteiger partial charge is 0.455 e. The zero-order valence-corrected chi connectivity index (χ0v) is 13.8. The second-order valence-electron chi connectivity index (χ2n) is 5.32. The van der Waals surface area contributed by atoms with Crippen molar-refractivity contribution in [1.82, 2.24) is 14.9 Å². The van der Waals surface area contributed by atoms with Crippen LogP contribution >= 0.6 is 0 Å². The van der Waals surface area contributed by atoms with Gasteiger partial charge in [-0.3, -0.25) is 4.79 Å². The second-order valence-corrected chi connectivity index (χ2v) is 7.44. The van der Waals surface area contributed by atoms with Crippen LogP contribution in [0.15, 0.2) is 27.0 Å². The van der Waals surface area contributed by atoms with Crippen LogP contribution in [-0.4, -0.2) is 52.4 Å². The fraction of sp³-hybridized carbons (Fsp3) is 0.500. The lowest BCUT2D eigenvalue weighted by Crippen LogP contribution is -2.29. The van der Waals surface area contributed by atoms with Gasteiger partial charge in [-0.05, 0) is 19.9 Å². The van der Waals surface area contributed by atoms with Gasteiger partial charge in [0.25, 0.3) is 5.91 Å². The number of nitrogens with one attached hydrogen (secondary N) is 2. The third-order valence-corrected chi connectivity index (χ3v) is 5.41. The molecule has 7 nitrogen and oxygen atoms in total.